The number of esters is 1. The Kier molecular flexibility index (Phi) is 2.12. The van der Waals surface area contributed by atoms with Crippen LogP contribution in [0.5, 0.6) is 0 Å². The summed E-state index contributed by atoms with van der Waals surface area (Å²) in [4.78, 5) is 10.6. The zero-order valence-electron chi connectivity index (χ0n) is 5.97. The van der Waals surface area contributed by atoms with E-state index in [0.29, 0.717) is 0 Å². The Morgan fingerprint density at radius 3 is 2.27 bits per heavy atom. The van der Waals surface area contributed by atoms with Crippen molar-refractivity contribution in [2.24, 2.45) is 0 Å². The summed E-state index contributed by atoms with van der Waals surface area (Å²) in [5.74, 6) is -0.886. The maximum atomic E-state index is 10.6. The third kappa shape index (κ3) is 1.35. The predicted octanol–water partition coefficient (Wildman–Crippen LogP) is -1.99. The van der Waals surface area contributed by atoms with Gasteiger partial charge in [-0.15, -0.1) is 0 Å². The summed E-state index contributed by atoms with van der Waals surface area (Å²) in [7, 11) is 0. The van der Waals surface area contributed by atoms with Crippen LogP contribution in [-0.4, -0.2) is 45.7 Å². The molecule has 1 fully saturated rings. The molecule has 0 unspecified atom stereocenters. The van der Waals surface area contributed by atoms with Crippen LogP contribution in [0, 0.1) is 0 Å². The van der Waals surface area contributed by atoms with E-state index in [1.54, 1.807) is 0 Å². The monoisotopic (exact) mass is 162 g/mol. The highest BCUT2D eigenvalue weighted by molar-refractivity contribution is 5.77. The fourth-order valence-electron chi connectivity index (χ4n) is 0.976. The fourth-order valence-corrected chi connectivity index (χ4v) is 0.976. The maximum absolute atomic E-state index is 10.6. The molecule has 11 heavy (non-hydrogen) atoms. The highest BCUT2D eigenvalue weighted by atomic mass is 16.6. The zero-order valence-corrected chi connectivity index (χ0v) is 5.97. The average Bonchev–Trinajstić information content (AvgIpc) is 2.17. The van der Waals surface area contributed by atoms with Crippen LogP contribution in [0.25, 0.3) is 0 Å². The molecule has 64 valence electrons. The van der Waals surface area contributed by atoms with Crippen molar-refractivity contribution < 1.29 is 24.9 Å². The molecule has 4 atom stereocenters. The van der Waals surface area contributed by atoms with Gasteiger partial charge in [-0.2, -0.15) is 0 Å². The van der Waals surface area contributed by atoms with Gasteiger partial charge in [0.2, 0.25) is 0 Å². The molecule has 1 heterocycles. The minimum absolute atomic E-state index is 0.886. The van der Waals surface area contributed by atoms with Gasteiger partial charge in [0.05, 0.1) is 6.10 Å². The molecule has 0 aromatic carbocycles. The molecule has 5 nitrogen and oxygen atoms in total. The van der Waals surface area contributed by atoms with Crippen molar-refractivity contribution in [3.05, 3.63) is 0 Å². The van der Waals surface area contributed by atoms with Gasteiger partial charge < -0.3 is 20.1 Å². The lowest BCUT2D eigenvalue weighted by Gasteiger charge is -2.15. The van der Waals surface area contributed by atoms with Gasteiger partial charge in [-0.3, -0.25) is 0 Å². The molecule has 0 radical (unpaired) electrons. The normalized spacial score (nSPS) is 40.4. The van der Waals surface area contributed by atoms with Crippen molar-refractivity contribution in [3.63, 3.8) is 0 Å². The van der Waals surface area contributed by atoms with Gasteiger partial charge in [-0.25, -0.2) is 4.79 Å². The summed E-state index contributed by atoms with van der Waals surface area (Å²) in [5.41, 5.74) is 0. The minimum Gasteiger partial charge on any atom is -0.455 e. The molecule has 0 aromatic heterocycles. The van der Waals surface area contributed by atoms with Gasteiger partial charge in [0.1, 0.15) is 6.10 Å². The number of aliphatic hydroxyl groups is 3. The van der Waals surface area contributed by atoms with Crippen LogP contribution in [0.2, 0.25) is 0 Å². The number of hydrogen-bond donors (Lipinski definition) is 3. The Balaban J connectivity index is 2.67. The van der Waals surface area contributed by atoms with Crippen LogP contribution >= 0.6 is 0 Å². The molecule has 5 heteroatoms. The standard InChI is InChI=1S/C6H10O5/c1-2(7)5-3(8)4(9)6(10)11-5/h2-5,7-9H,1H3/t2-,3+,4+,5+/m0/s1. The van der Waals surface area contributed by atoms with E-state index in [9.17, 15) is 4.79 Å². The molecule has 1 saturated heterocycles. The van der Waals surface area contributed by atoms with Gasteiger partial charge in [-0.1, -0.05) is 0 Å². The van der Waals surface area contributed by atoms with Gasteiger partial charge >= 0.3 is 5.97 Å². The van der Waals surface area contributed by atoms with Gasteiger partial charge in [-0.05, 0) is 6.92 Å². The highest BCUT2D eigenvalue weighted by Crippen LogP contribution is 2.18. The maximum Gasteiger partial charge on any atom is 0.338 e. The van der Waals surface area contributed by atoms with Crippen molar-refractivity contribution in [1.29, 1.82) is 0 Å². The van der Waals surface area contributed by atoms with Crippen LogP contribution < -0.4 is 0 Å². The first-order valence-electron chi connectivity index (χ1n) is 3.28. The zero-order chi connectivity index (χ0) is 8.59. The molecule has 1 aliphatic heterocycles. The predicted molar refractivity (Wildman–Crippen MR) is 33.6 cm³/mol. The third-order valence-electron chi connectivity index (χ3n) is 1.63. The quantitative estimate of drug-likeness (QED) is 0.389. The average molecular weight is 162 g/mol. The smallest absolute Gasteiger partial charge is 0.338 e. The van der Waals surface area contributed by atoms with E-state index in [4.69, 9.17) is 15.3 Å². The molecule has 0 bridgehead atoms. The molecule has 1 aliphatic rings. The van der Waals surface area contributed by atoms with Crippen LogP contribution in [0.4, 0.5) is 0 Å². The Morgan fingerprint density at radius 1 is 1.55 bits per heavy atom. The SMILES string of the molecule is C[C@H](O)[C@H]1OC(=O)[C@H](O)[C@H]1O. The first kappa shape index (κ1) is 8.45. The molecule has 0 aromatic rings. The summed E-state index contributed by atoms with van der Waals surface area (Å²) in [6, 6.07) is 0. The Labute approximate surface area is 63.2 Å². The molecule has 1 rings (SSSR count). The molecular weight excluding hydrogens is 152 g/mol. The molecular formula is C6H10O5. The summed E-state index contributed by atoms with van der Waals surface area (Å²) in [6.45, 7) is 1.37. The Bertz CT molecular complexity index is 166. The van der Waals surface area contributed by atoms with E-state index in [-0.39, 0.29) is 0 Å². The summed E-state index contributed by atoms with van der Waals surface area (Å²) >= 11 is 0. The van der Waals surface area contributed by atoms with Crippen LogP contribution in [0.15, 0.2) is 0 Å². The Hall–Kier alpha value is -0.650. The van der Waals surface area contributed by atoms with Crippen LogP contribution in [0.1, 0.15) is 6.92 Å². The molecule has 0 saturated carbocycles. The van der Waals surface area contributed by atoms with E-state index in [1.807, 2.05) is 0 Å². The molecule has 3 N–H and O–H groups in total. The van der Waals surface area contributed by atoms with Gasteiger partial charge in [0.15, 0.2) is 12.2 Å². The molecule has 0 aliphatic carbocycles. The third-order valence-corrected chi connectivity index (χ3v) is 1.63. The van der Waals surface area contributed by atoms with Gasteiger partial charge in [0, 0.05) is 0 Å². The van der Waals surface area contributed by atoms with Crippen molar-refractivity contribution in [1.82, 2.24) is 0 Å². The fraction of sp³-hybridized carbons (Fsp3) is 0.833. The number of hydrogen-bond acceptors (Lipinski definition) is 5. The summed E-state index contributed by atoms with van der Waals surface area (Å²) in [6.07, 6.45) is -4.80. The highest BCUT2D eigenvalue weighted by Gasteiger charge is 2.44. The number of carbonyl (C=O) groups is 1. The number of cyclic esters (lactones) is 1. The first-order valence-corrected chi connectivity index (χ1v) is 3.28. The topological polar surface area (TPSA) is 87.0 Å². The second kappa shape index (κ2) is 2.77. The number of ether oxygens (including phenoxy) is 1. The van der Waals surface area contributed by atoms with E-state index in [1.165, 1.54) is 6.92 Å². The lowest BCUT2D eigenvalue weighted by atomic mass is 10.1. The molecule has 0 spiro atoms. The largest absolute Gasteiger partial charge is 0.455 e. The van der Waals surface area contributed by atoms with Gasteiger partial charge in [0.25, 0.3) is 0 Å². The summed E-state index contributed by atoms with van der Waals surface area (Å²) in [5, 5.41) is 26.8. The first-order chi connectivity index (χ1) is 5.04. The summed E-state index contributed by atoms with van der Waals surface area (Å²) < 4.78 is 4.46. The van der Waals surface area contributed by atoms with E-state index in [0.717, 1.165) is 0 Å². The second-order valence-electron chi connectivity index (χ2n) is 2.58. The van der Waals surface area contributed by atoms with Crippen LogP contribution in [-0.2, 0) is 9.53 Å². The lowest BCUT2D eigenvalue weighted by Crippen LogP contribution is -2.37. The molecule has 0 amide bonds. The second-order valence-corrected chi connectivity index (χ2v) is 2.58. The van der Waals surface area contributed by atoms with E-state index < -0.39 is 30.4 Å². The van der Waals surface area contributed by atoms with E-state index in [2.05, 4.69) is 4.74 Å². The minimum atomic E-state index is -1.52. The van der Waals surface area contributed by atoms with Crippen molar-refractivity contribution in [3.8, 4) is 0 Å². The Morgan fingerprint density at radius 2 is 2.09 bits per heavy atom. The number of rotatable bonds is 1. The van der Waals surface area contributed by atoms with Crippen molar-refractivity contribution in [2.75, 3.05) is 0 Å². The van der Waals surface area contributed by atoms with Crippen molar-refractivity contribution in [2.45, 2.75) is 31.3 Å². The van der Waals surface area contributed by atoms with Crippen molar-refractivity contribution >= 4 is 5.97 Å². The van der Waals surface area contributed by atoms with E-state index >= 15 is 0 Å². The number of aliphatic hydroxyl groups excluding tert-OH is 3. The lowest BCUT2D eigenvalue weighted by molar-refractivity contribution is -0.150. The van der Waals surface area contributed by atoms with Crippen LogP contribution in [0.3, 0.4) is 0 Å². The number of carbonyl (C=O) groups excluding carboxylic acids is 1.